The Morgan fingerprint density at radius 3 is 2.92 bits per heavy atom. The van der Waals surface area contributed by atoms with Gasteiger partial charge in [-0.15, -0.1) is 0 Å². The van der Waals surface area contributed by atoms with Gasteiger partial charge in [-0.05, 0) is 13.2 Å². The summed E-state index contributed by atoms with van der Waals surface area (Å²) in [6.45, 7) is 3.34. The Morgan fingerprint density at radius 2 is 2.38 bits per heavy atom. The van der Waals surface area contributed by atoms with Gasteiger partial charge in [0.2, 0.25) is 0 Å². The summed E-state index contributed by atoms with van der Waals surface area (Å²) in [5.74, 6) is 0.851. The molecule has 1 rings (SSSR count). The van der Waals surface area contributed by atoms with Gasteiger partial charge in [0, 0.05) is 24.8 Å². The Morgan fingerprint density at radius 1 is 1.62 bits per heavy atom. The average Bonchev–Trinajstić information content (AvgIpc) is 2.18. The summed E-state index contributed by atoms with van der Waals surface area (Å²) in [6.07, 6.45) is 3.73. The Hall–Kier alpha value is -0.810. The Labute approximate surface area is 82.3 Å². The molecular weight excluding hydrogens is 184 g/mol. The molecule has 0 aromatic carbocycles. The summed E-state index contributed by atoms with van der Waals surface area (Å²) < 4.78 is 0. The van der Waals surface area contributed by atoms with Crippen molar-refractivity contribution in [3.8, 4) is 0 Å². The SMILES string of the molecule is CCNc1nc(SC)ncc1CN. The van der Waals surface area contributed by atoms with E-state index in [0.717, 1.165) is 23.1 Å². The quantitative estimate of drug-likeness (QED) is 0.560. The summed E-state index contributed by atoms with van der Waals surface area (Å²) in [5.41, 5.74) is 6.50. The minimum Gasteiger partial charge on any atom is -0.370 e. The van der Waals surface area contributed by atoms with Crippen molar-refractivity contribution in [3.63, 3.8) is 0 Å². The summed E-state index contributed by atoms with van der Waals surface area (Å²) >= 11 is 1.52. The van der Waals surface area contributed by atoms with E-state index in [4.69, 9.17) is 5.73 Å². The zero-order valence-electron chi connectivity index (χ0n) is 7.87. The Kier molecular flexibility index (Phi) is 3.98. The molecule has 1 heterocycles. The maximum Gasteiger partial charge on any atom is 0.189 e. The molecule has 1 aromatic heterocycles. The van der Waals surface area contributed by atoms with Gasteiger partial charge in [0.05, 0.1) is 0 Å². The largest absolute Gasteiger partial charge is 0.370 e. The Bertz CT molecular complexity index is 277. The van der Waals surface area contributed by atoms with Gasteiger partial charge in [-0.1, -0.05) is 11.8 Å². The van der Waals surface area contributed by atoms with Crippen molar-refractivity contribution < 1.29 is 0 Å². The lowest BCUT2D eigenvalue weighted by molar-refractivity contribution is 0.911. The van der Waals surface area contributed by atoms with Crippen molar-refractivity contribution in [3.05, 3.63) is 11.8 Å². The predicted octanol–water partition coefficient (Wildman–Crippen LogP) is 1.09. The summed E-state index contributed by atoms with van der Waals surface area (Å²) in [6, 6.07) is 0. The van der Waals surface area contributed by atoms with Crippen molar-refractivity contribution in [1.82, 2.24) is 9.97 Å². The van der Waals surface area contributed by atoms with E-state index in [1.807, 2.05) is 13.2 Å². The van der Waals surface area contributed by atoms with Gasteiger partial charge >= 0.3 is 0 Å². The van der Waals surface area contributed by atoms with E-state index in [2.05, 4.69) is 15.3 Å². The smallest absolute Gasteiger partial charge is 0.189 e. The highest BCUT2D eigenvalue weighted by Crippen LogP contribution is 2.15. The number of nitrogens with one attached hydrogen (secondary N) is 1. The monoisotopic (exact) mass is 198 g/mol. The molecule has 0 amide bonds. The van der Waals surface area contributed by atoms with Crippen LogP contribution in [0.5, 0.6) is 0 Å². The standard InChI is InChI=1S/C8H14N4S/c1-3-10-7-6(4-9)5-11-8(12-7)13-2/h5H,3-4,9H2,1-2H3,(H,10,11,12). The van der Waals surface area contributed by atoms with Gasteiger partial charge in [-0.2, -0.15) is 0 Å². The molecule has 0 unspecified atom stereocenters. The first-order chi connectivity index (χ1) is 6.31. The fraction of sp³-hybridized carbons (Fsp3) is 0.500. The van der Waals surface area contributed by atoms with E-state index in [9.17, 15) is 0 Å². The van der Waals surface area contributed by atoms with Crippen molar-refractivity contribution in [2.24, 2.45) is 5.73 Å². The van der Waals surface area contributed by atoms with E-state index < -0.39 is 0 Å². The third kappa shape index (κ3) is 2.57. The molecule has 0 spiro atoms. The van der Waals surface area contributed by atoms with E-state index >= 15 is 0 Å². The van der Waals surface area contributed by atoms with E-state index in [1.54, 1.807) is 6.20 Å². The van der Waals surface area contributed by atoms with Crippen LogP contribution >= 0.6 is 11.8 Å². The third-order valence-corrected chi connectivity index (χ3v) is 2.15. The maximum absolute atomic E-state index is 5.55. The van der Waals surface area contributed by atoms with Crippen LogP contribution in [0.3, 0.4) is 0 Å². The van der Waals surface area contributed by atoms with Crippen molar-refractivity contribution >= 4 is 17.6 Å². The van der Waals surface area contributed by atoms with Crippen LogP contribution in [-0.2, 0) is 6.54 Å². The minimum atomic E-state index is 0.469. The van der Waals surface area contributed by atoms with Crippen LogP contribution in [0.25, 0.3) is 0 Å². The van der Waals surface area contributed by atoms with Gasteiger partial charge in [0.25, 0.3) is 0 Å². The van der Waals surface area contributed by atoms with Crippen LogP contribution < -0.4 is 11.1 Å². The molecule has 0 aliphatic heterocycles. The highest BCUT2D eigenvalue weighted by molar-refractivity contribution is 7.98. The highest BCUT2D eigenvalue weighted by Gasteiger charge is 2.03. The molecule has 1 aromatic rings. The number of anilines is 1. The number of thioether (sulfide) groups is 1. The van der Waals surface area contributed by atoms with E-state index in [-0.39, 0.29) is 0 Å². The number of nitrogens with zero attached hydrogens (tertiary/aromatic N) is 2. The molecule has 0 saturated heterocycles. The van der Waals surface area contributed by atoms with Gasteiger partial charge < -0.3 is 11.1 Å². The topological polar surface area (TPSA) is 63.8 Å². The summed E-state index contributed by atoms with van der Waals surface area (Å²) in [5, 5.41) is 3.93. The molecule has 0 aliphatic carbocycles. The lowest BCUT2D eigenvalue weighted by atomic mass is 10.3. The molecular formula is C8H14N4S. The molecule has 5 heteroatoms. The molecule has 0 saturated carbocycles. The lowest BCUT2D eigenvalue weighted by Gasteiger charge is -2.07. The molecule has 0 atom stereocenters. The Balaban J connectivity index is 2.95. The van der Waals surface area contributed by atoms with Crippen LogP contribution in [-0.4, -0.2) is 22.8 Å². The van der Waals surface area contributed by atoms with Gasteiger partial charge in [0.1, 0.15) is 5.82 Å². The van der Waals surface area contributed by atoms with Crippen molar-refractivity contribution in [2.45, 2.75) is 18.6 Å². The van der Waals surface area contributed by atoms with E-state index in [0.29, 0.717) is 6.54 Å². The summed E-state index contributed by atoms with van der Waals surface area (Å²) in [4.78, 5) is 8.46. The fourth-order valence-corrected chi connectivity index (χ4v) is 1.30. The second kappa shape index (κ2) is 5.04. The molecule has 0 aliphatic rings. The number of hydrogen-bond acceptors (Lipinski definition) is 5. The average molecular weight is 198 g/mol. The zero-order valence-corrected chi connectivity index (χ0v) is 8.69. The molecule has 0 bridgehead atoms. The van der Waals surface area contributed by atoms with Crippen LogP contribution in [0.2, 0.25) is 0 Å². The fourth-order valence-electron chi connectivity index (χ4n) is 0.959. The first-order valence-corrected chi connectivity index (χ1v) is 5.38. The first-order valence-electron chi connectivity index (χ1n) is 4.15. The molecule has 72 valence electrons. The number of aromatic nitrogens is 2. The third-order valence-electron chi connectivity index (χ3n) is 1.59. The highest BCUT2D eigenvalue weighted by atomic mass is 32.2. The van der Waals surface area contributed by atoms with Crippen molar-refractivity contribution in [1.29, 1.82) is 0 Å². The second-order valence-electron chi connectivity index (χ2n) is 2.47. The zero-order chi connectivity index (χ0) is 9.68. The van der Waals surface area contributed by atoms with Crippen LogP contribution in [0.15, 0.2) is 11.4 Å². The van der Waals surface area contributed by atoms with Gasteiger partial charge in [0.15, 0.2) is 5.16 Å². The van der Waals surface area contributed by atoms with Crippen molar-refractivity contribution in [2.75, 3.05) is 18.1 Å². The number of rotatable bonds is 4. The normalized spacial score (nSPS) is 10.1. The van der Waals surface area contributed by atoms with Gasteiger partial charge in [-0.25, -0.2) is 9.97 Å². The first kappa shape index (κ1) is 10.3. The molecule has 3 N–H and O–H groups in total. The molecule has 0 radical (unpaired) electrons. The predicted molar refractivity (Wildman–Crippen MR) is 55.9 cm³/mol. The number of nitrogens with two attached hydrogens (primary N) is 1. The molecule has 4 nitrogen and oxygen atoms in total. The van der Waals surface area contributed by atoms with E-state index in [1.165, 1.54) is 11.8 Å². The van der Waals surface area contributed by atoms with Crippen LogP contribution in [0.4, 0.5) is 5.82 Å². The summed E-state index contributed by atoms with van der Waals surface area (Å²) in [7, 11) is 0. The van der Waals surface area contributed by atoms with Gasteiger partial charge in [-0.3, -0.25) is 0 Å². The lowest BCUT2D eigenvalue weighted by Crippen LogP contribution is -2.08. The van der Waals surface area contributed by atoms with Crippen LogP contribution in [0, 0.1) is 0 Å². The number of hydrogen-bond donors (Lipinski definition) is 2. The maximum atomic E-state index is 5.55. The van der Waals surface area contributed by atoms with Crippen LogP contribution in [0.1, 0.15) is 12.5 Å². The minimum absolute atomic E-state index is 0.469. The molecule has 0 fully saturated rings. The second-order valence-corrected chi connectivity index (χ2v) is 3.24. The molecule has 13 heavy (non-hydrogen) atoms.